The molecule has 1 amide bonds. The first-order chi connectivity index (χ1) is 14.0. The standard InChI is InChI=1S/C20H15F2N5O2/c1-29-14-5-2-12(3-6-14)17-8-9-18-24-25-19(27(18)26-17)11-23-20(28)15-10-13(21)4-7-16(15)22/h2-10H,11H2,1H3,(H,23,28). The highest BCUT2D eigenvalue weighted by Gasteiger charge is 2.15. The van der Waals surface area contributed by atoms with Crippen LogP contribution in [0.3, 0.4) is 0 Å². The van der Waals surface area contributed by atoms with Crippen molar-refractivity contribution in [3.8, 4) is 17.0 Å². The molecule has 2 heterocycles. The highest BCUT2D eigenvalue weighted by atomic mass is 19.1. The van der Waals surface area contributed by atoms with Crippen LogP contribution in [0, 0.1) is 11.6 Å². The van der Waals surface area contributed by atoms with Crippen LogP contribution in [0.15, 0.2) is 54.6 Å². The maximum Gasteiger partial charge on any atom is 0.254 e. The van der Waals surface area contributed by atoms with Gasteiger partial charge in [0, 0.05) is 5.56 Å². The number of amides is 1. The van der Waals surface area contributed by atoms with Crippen LogP contribution in [-0.2, 0) is 6.54 Å². The Bertz CT molecular complexity index is 1190. The number of carbonyl (C=O) groups excluding carboxylic acids is 1. The van der Waals surface area contributed by atoms with Gasteiger partial charge in [0.05, 0.1) is 24.9 Å². The predicted octanol–water partition coefficient (Wildman–Crippen LogP) is 3.01. The second kappa shape index (κ2) is 7.63. The first-order valence-corrected chi connectivity index (χ1v) is 8.64. The Balaban J connectivity index is 1.57. The molecule has 2 aromatic heterocycles. The van der Waals surface area contributed by atoms with E-state index >= 15 is 0 Å². The molecule has 7 nitrogen and oxygen atoms in total. The number of rotatable bonds is 5. The van der Waals surface area contributed by atoms with Gasteiger partial charge in [0.25, 0.3) is 5.91 Å². The van der Waals surface area contributed by atoms with Gasteiger partial charge in [0.1, 0.15) is 17.4 Å². The summed E-state index contributed by atoms with van der Waals surface area (Å²) in [6, 6.07) is 13.6. The van der Waals surface area contributed by atoms with E-state index in [4.69, 9.17) is 4.74 Å². The third kappa shape index (κ3) is 3.75. The molecule has 146 valence electrons. The molecule has 4 rings (SSSR count). The van der Waals surface area contributed by atoms with Crippen molar-refractivity contribution in [2.75, 3.05) is 7.11 Å². The highest BCUT2D eigenvalue weighted by Crippen LogP contribution is 2.21. The maximum absolute atomic E-state index is 13.8. The number of carbonyl (C=O) groups is 1. The number of aromatic nitrogens is 4. The number of hydrogen-bond acceptors (Lipinski definition) is 5. The Morgan fingerprint density at radius 1 is 1.07 bits per heavy atom. The molecule has 0 fully saturated rings. The van der Waals surface area contributed by atoms with E-state index in [0.29, 0.717) is 17.2 Å². The zero-order valence-corrected chi connectivity index (χ0v) is 15.3. The number of nitrogens with zero attached hydrogens (tertiary/aromatic N) is 4. The lowest BCUT2D eigenvalue weighted by atomic mass is 10.1. The average molecular weight is 395 g/mol. The summed E-state index contributed by atoms with van der Waals surface area (Å²) >= 11 is 0. The van der Waals surface area contributed by atoms with Crippen LogP contribution in [0.25, 0.3) is 16.9 Å². The van der Waals surface area contributed by atoms with Gasteiger partial charge in [-0.05, 0) is 54.6 Å². The lowest BCUT2D eigenvalue weighted by Gasteiger charge is -2.06. The summed E-state index contributed by atoms with van der Waals surface area (Å²) in [5, 5.41) is 15.0. The summed E-state index contributed by atoms with van der Waals surface area (Å²) in [6.45, 7) is -0.0605. The molecule has 9 heteroatoms. The van der Waals surface area contributed by atoms with Gasteiger partial charge in [0.2, 0.25) is 0 Å². The van der Waals surface area contributed by atoms with Crippen LogP contribution in [-0.4, -0.2) is 32.8 Å². The monoisotopic (exact) mass is 395 g/mol. The fraction of sp³-hybridized carbons (Fsp3) is 0.100. The van der Waals surface area contributed by atoms with Crippen molar-refractivity contribution in [3.05, 3.63) is 77.6 Å². The third-order valence-electron chi connectivity index (χ3n) is 4.29. The molecule has 1 N–H and O–H groups in total. The molecule has 0 aliphatic heterocycles. The van der Waals surface area contributed by atoms with Crippen LogP contribution < -0.4 is 10.1 Å². The van der Waals surface area contributed by atoms with E-state index in [9.17, 15) is 13.6 Å². The molecule has 0 aliphatic rings. The molecule has 0 saturated carbocycles. The second-order valence-corrected chi connectivity index (χ2v) is 6.14. The van der Waals surface area contributed by atoms with Crippen molar-refractivity contribution in [3.63, 3.8) is 0 Å². The Hall–Kier alpha value is -3.88. The molecule has 29 heavy (non-hydrogen) atoms. The molecule has 4 aromatic rings. The zero-order valence-electron chi connectivity index (χ0n) is 15.3. The lowest BCUT2D eigenvalue weighted by Crippen LogP contribution is -2.25. The van der Waals surface area contributed by atoms with Crippen molar-refractivity contribution >= 4 is 11.6 Å². The Morgan fingerprint density at radius 2 is 1.86 bits per heavy atom. The van der Waals surface area contributed by atoms with Crippen molar-refractivity contribution in [2.45, 2.75) is 6.54 Å². The summed E-state index contributed by atoms with van der Waals surface area (Å²) in [5.74, 6) is -1.19. The molecule has 2 aromatic carbocycles. The summed E-state index contributed by atoms with van der Waals surface area (Å²) in [5.41, 5.74) is 1.64. The smallest absolute Gasteiger partial charge is 0.254 e. The van der Waals surface area contributed by atoms with E-state index in [2.05, 4.69) is 20.6 Å². The number of fused-ring (bicyclic) bond motifs is 1. The van der Waals surface area contributed by atoms with E-state index < -0.39 is 17.5 Å². The van der Waals surface area contributed by atoms with Gasteiger partial charge in [-0.3, -0.25) is 4.79 Å². The van der Waals surface area contributed by atoms with Crippen molar-refractivity contribution in [1.82, 2.24) is 25.1 Å². The molecule has 0 radical (unpaired) electrons. The van der Waals surface area contributed by atoms with Crippen molar-refractivity contribution < 1.29 is 18.3 Å². The summed E-state index contributed by atoms with van der Waals surface area (Å²) < 4.78 is 33.7. The fourth-order valence-corrected chi connectivity index (χ4v) is 2.79. The molecule has 0 unspecified atom stereocenters. The van der Waals surface area contributed by atoms with Gasteiger partial charge in [-0.15, -0.1) is 10.2 Å². The molecule has 0 aliphatic carbocycles. The molecular formula is C20H15F2N5O2. The molecule has 0 spiro atoms. The number of nitrogens with one attached hydrogen (secondary N) is 1. The highest BCUT2D eigenvalue weighted by molar-refractivity contribution is 5.94. The van der Waals surface area contributed by atoms with Gasteiger partial charge in [0.15, 0.2) is 11.5 Å². The van der Waals surface area contributed by atoms with E-state index in [1.54, 1.807) is 19.2 Å². The van der Waals surface area contributed by atoms with Gasteiger partial charge < -0.3 is 10.1 Å². The first kappa shape index (κ1) is 18.5. The largest absolute Gasteiger partial charge is 0.497 e. The topological polar surface area (TPSA) is 81.4 Å². The van der Waals surface area contributed by atoms with Gasteiger partial charge in [-0.25, -0.2) is 8.78 Å². The predicted molar refractivity (Wildman–Crippen MR) is 100 cm³/mol. The Morgan fingerprint density at radius 3 is 2.62 bits per heavy atom. The SMILES string of the molecule is COc1ccc(-c2ccc3nnc(CNC(=O)c4cc(F)ccc4F)n3n2)cc1. The van der Waals surface area contributed by atoms with Gasteiger partial charge in [-0.2, -0.15) is 9.61 Å². The zero-order chi connectivity index (χ0) is 20.4. The second-order valence-electron chi connectivity index (χ2n) is 6.14. The van der Waals surface area contributed by atoms with Crippen LogP contribution in [0.2, 0.25) is 0 Å². The molecule has 0 bridgehead atoms. The molecule has 0 saturated heterocycles. The minimum atomic E-state index is -0.810. The number of ether oxygens (including phenoxy) is 1. The molecular weight excluding hydrogens is 380 g/mol. The van der Waals surface area contributed by atoms with E-state index in [1.165, 1.54) is 4.52 Å². The van der Waals surface area contributed by atoms with Crippen molar-refractivity contribution in [1.29, 1.82) is 0 Å². The van der Waals surface area contributed by atoms with Gasteiger partial charge in [-0.1, -0.05) is 0 Å². The summed E-state index contributed by atoms with van der Waals surface area (Å²) in [4.78, 5) is 12.2. The van der Waals surface area contributed by atoms with E-state index in [0.717, 1.165) is 29.5 Å². The fourth-order valence-electron chi connectivity index (χ4n) is 2.79. The number of hydrogen-bond donors (Lipinski definition) is 1. The quantitative estimate of drug-likeness (QED) is 0.562. The third-order valence-corrected chi connectivity index (χ3v) is 4.29. The summed E-state index contributed by atoms with van der Waals surface area (Å²) in [7, 11) is 1.59. The Labute approximate surface area is 164 Å². The Kier molecular flexibility index (Phi) is 4.86. The number of methoxy groups -OCH3 is 1. The van der Waals surface area contributed by atoms with Crippen LogP contribution in [0.5, 0.6) is 5.75 Å². The van der Waals surface area contributed by atoms with E-state index in [-0.39, 0.29) is 12.1 Å². The van der Waals surface area contributed by atoms with Crippen molar-refractivity contribution in [2.24, 2.45) is 0 Å². The average Bonchev–Trinajstić information content (AvgIpc) is 3.16. The number of benzene rings is 2. The van der Waals surface area contributed by atoms with Crippen LogP contribution in [0.1, 0.15) is 16.2 Å². The number of halogens is 2. The normalized spacial score (nSPS) is 10.9. The minimum absolute atomic E-state index is 0.0605. The van der Waals surface area contributed by atoms with Crippen LogP contribution >= 0.6 is 0 Å². The van der Waals surface area contributed by atoms with E-state index in [1.807, 2.05) is 24.3 Å². The summed E-state index contributed by atoms with van der Waals surface area (Å²) in [6.07, 6.45) is 0. The minimum Gasteiger partial charge on any atom is -0.497 e. The van der Waals surface area contributed by atoms with Gasteiger partial charge >= 0.3 is 0 Å². The molecule has 0 atom stereocenters. The maximum atomic E-state index is 13.8. The van der Waals surface area contributed by atoms with Crippen LogP contribution in [0.4, 0.5) is 8.78 Å². The first-order valence-electron chi connectivity index (χ1n) is 8.64. The lowest BCUT2D eigenvalue weighted by molar-refractivity contribution is 0.0945.